The van der Waals surface area contributed by atoms with Crippen molar-refractivity contribution in [2.45, 2.75) is 19.3 Å². The molecule has 1 aromatic carbocycles. The maximum Gasteiger partial charge on any atom is 0.297 e. The van der Waals surface area contributed by atoms with Crippen molar-refractivity contribution in [3.8, 4) is 0 Å². The summed E-state index contributed by atoms with van der Waals surface area (Å²) in [7, 11) is 1.89. The van der Waals surface area contributed by atoms with Gasteiger partial charge in [0.1, 0.15) is 0 Å². The third-order valence-electron chi connectivity index (χ3n) is 3.23. The summed E-state index contributed by atoms with van der Waals surface area (Å²) in [4.78, 5) is 34.9. The Kier molecular flexibility index (Phi) is 4.06. The number of anilines is 1. The van der Waals surface area contributed by atoms with Gasteiger partial charge in [-0.1, -0.05) is 12.1 Å². The second-order valence-corrected chi connectivity index (χ2v) is 4.50. The fourth-order valence-corrected chi connectivity index (χ4v) is 2.26. The van der Waals surface area contributed by atoms with E-state index in [1.165, 1.54) is 0 Å². The van der Waals surface area contributed by atoms with Crippen LogP contribution in [0, 0.1) is 0 Å². The van der Waals surface area contributed by atoms with Crippen LogP contribution in [0.3, 0.4) is 0 Å². The number of aldehydes is 1. The van der Waals surface area contributed by atoms with Crippen LogP contribution in [0.5, 0.6) is 0 Å². The van der Waals surface area contributed by atoms with Gasteiger partial charge in [-0.25, -0.2) is 4.90 Å². The lowest BCUT2D eigenvalue weighted by atomic mass is 9.97. The number of nitrogens with one attached hydrogen (secondary N) is 1. The minimum Gasteiger partial charge on any atom is -0.319 e. The molecule has 0 aromatic heterocycles. The smallest absolute Gasteiger partial charge is 0.297 e. The van der Waals surface area contributed by atoms with Crippen LogP contribution in [0.1, 0.15) is 17.5 Å². The Morgan fingerprint density at radius 2 is 2.21 bits per heavy atom. The average molecular weight is 260 g/mol. The highest BCUT2D eigenvalue weighted by molar-refractivity contribution is 6.38. The van der Waals surface area contributed by atoms with E-state index in [1.807, 2.05) is 19.2 Å². The van der Waals surface area contributed by atoms with E-state index < -0.39 is 5.91 Å². The summed E-state index contributed by atoms with van der Waals surface area (Å²) >= 11 is 0. The number of hydrogen-bond donors (Lipinski definition) is 1. The minimum absolute atomic E-state index is 0.182. The standard InChI is InChI=1S/C14H16N2O3/c1-15-7-6-10-2-4-12-11(8-10)3-5-13(18)16(12)14(19)9-17/h2,4,8-9,15H,3,5-7H2,1H3. The molecule has 1 N–H and O–H groups in total. The average Bonchev–Trinajstić information content (AvgIpc) is 2.44. The number of imide groups is 1. The molecule has 100 valence electrons. The first kappa shape index (κ1) is 13.4. The monoisotopic (exact) mass is 260 g/mol. The summed E-state index contributed by atoms with van der Waals surface area (Å²) < 4.78 is 0. The van der Waals surface area contributed by atoms with Gasteiger partial charge in [-0.2, -0.15) is 0 Å². The van der Waals surface area contributed by atoms with E-state index in [4.69, 9.17) is 0 Å². The van der Waals surface area contributed by atoms with Crippen LogP contribution in [-0.4, -0.2) is 31.7 Å². The van der Waals surface area contributed by atoms with Crippen molar-refractivity contribution in [1.82, 2.24) is 5.32 Å². The first-order chi connectivity index (χ1) is 9.17. The van der Waals surface area contributed by atoms with Gasteiger partial charge in [-0.15, -0.1) is 0 Å². The highest BCUT2D eigenvalue weighted by Crippen LogP contribution is 2.28. The van der Waals surface area contributed by atoms with Crippen LogP contribution < -0.4 is 10.2 Å². The van der Waals surface area contributed by atoms with Gasteiger partial charge in [0.2, 0.25) is 12.2 Å². The summed E-state index contributed by atoms with van der Waals surface area (Å²) in [5, 5.41) is 3.07. The Bertz CT molecular complexity index is 525. The molecular formula is C14H16N2O3. The molecule has 1 aliphatic rings. The zero-order chi connectivity index (χ0) is 13.8. The maximum absolute atomic E-state index is 11.8. The number of benzene rings is 1. The molecule has 0 atom stereocenters. The van der Waals surface area contributed by atoms with Crippen LogP contribution in [0.15, 0.2) is 18.2 Å². The van der Waals surface area contributed by atoms with E-state index >= 15 is 0 Å². The van der Waals surface area contributed by atoms with E-state index in [0.29, 0.717) is 12.1 Å². The number of hydrogen-bond acceptors (Lipinski definition) is 4. The number of amides is 2. The van der Waals surface area contributed by atoms with Crippen LogP contribution >= 0.6 is 0 Å². The second kappa shape index (κ2) is 5.75. The van der Waals surface area contributed by atoms with Gasteiger partial charge in [-0.3, -0.25) is 14.4 Å². The third-order valence-corrected chi connectivity index (χ3v) is 3.23. The number of aryl methyl sites for hydroxylation is 1. The minimum atomic E-state index is -0.797. The predicted molar refractivity (Wildman–Crippen MR) is 71.0 cm³/mol. The van der Waals surface area contributed by atoms with E-state index in [1.54, 1.807) is 6.07 Å². The molecule has 0 aliphatic carbocycles. The Hall–Kier alpha value is -2.01. The van der Waals surface area contributed by atoms with Crippen molar-refractivity contribution in [3.63, 3.8) is 0 Å². The molecule has 0 saturated carbocycles. The number of carbonyl (C=O) groups excluding carboxylic acids is 3. The Balaban J connectivity index is 2.33. The highest BCUT2D eigenvalue weighted by Gasteiger charge is 2.29. The lowest BCUT2D eigenvalue weighted by Gasteiger charge is -2.26. The number of rotatable bonds is 4. The second-order valence-electron chi connectivity index (χ2n) is 4.50. The number of likely N-dealkylation sites (N-methyl/N-ethyl adjacent to an activating group) is 1. The molecule has 5 heteroatoms. The van der Waals surface area contributed by atoms with Gasteiger partial charge in [-0.05, 0) is 43.6 Å². The topological polar surface area (TPSA) is 66.5 Å². The lowest BCUT2D eigenvalue weighted by molar-refractivity contribution is -0.133. The quantitative estimate of drug-likeness (QED) is 0.630. The molecule has 1 aromatic rings. The van der Waals surface area contributed by atoms with E-state index in [-0.39, 0.29) is 18.6 Å². The van der Waals surface area contributed by atoms with Gasteiger partial charge in [0, 0.05) is 6.42 Å². The van der Waals surface area contributed by atoms with Gasteiger partial charge < -0.3 is 5.32 Å². The SMILES string of the molecule is CNCCc1ccc2c(c1)CCC(=O)N2C(=O)C=O. The molecule has 5 nitrogen and oxygen atoms in total. The fourth-order valence-electron chi connectivity index (χ4n) is 2.26. The van der Waals surface area contributed by atoms with Crippen molar-refractivity contribution >= 4 is 23.8 Å². The van der Waals surface area contributed by atoms with Crippen molar-refractivity contribution in [2.24, 2.45) is 0 Å². The molecule has 0 saturated heterocycles. The first-order valence-electron chi connectivity index (χ1n) is 6.26. The van der Waals surface area contributed by atoms with Crippen molar-refractivity contribution in [1.29, 1.82) is 0 Å². The summed E-state index contributed by atoms with van der Waals surface area (Å²) in [5.74, 6) is -1.11. The normalized spacial score (nSPS) is 14.2. The maximum atomic E-state index is 11.8. The first-order valence-corrected chi connectivity index (χ1v) is 6.26. The molecule has 2 rings (SSSR count). The molecule has 2 amide bonds. The molecule has 0 radical (unpaired) electrons. The Morgan fingerprint density at radius 3 is 2.89 bits per heavy atom. The van der Waals surface area contributed by atoms with Crippen LogP contribution in [0.25, 0.3) is 0 Å². The van der Waals surface area contributed by atoms with Gasteiger partial charge in [0.25, 0.3) is 5.91 Å². The summed E-state index contributed by atoms with van der Waals surface area (Å²) in [5.41, 5.74) is 2.64. The van der Waals surface area contributed by atoms with E-state index in [2.05, 4.69) is 5.32 Å². The third kappa shape index (κ3) is 2.71. The molecular weight excluding hydrogens is 244 g/mol. The van der Waals surface area contributed by atoms with E-state index in [0.717, 1.165) is 29.0 Å². The molecule has 1 aliphatic heterocycles. The van der Waals surface area contributed by atoms with Crippen LogP contribution in [0.4, 0.5) is 5.69 Å². The Labute approximate surface area is 111 Å². The summed E-state index contributed by atoms with van der Waals surface area (Å²) in [6.45, 7) is 0.870. The molecule has 0 bridgehead atoms. The van der Waals surface area contributed by atoms with Crippen molar-refractivity contribution in [3.05, 3.63) is 29.3 Å². The zero-order valence-corrected chi connectivity index (χ0v) is 10.8. The van der Waals surface area contributed by atoms with Gasteiger partial charge in [0.15, 0.2) is 0 Å². The number of carbonyl (C=O) groups is 3. The molecule has 0 spiro atoms. The number of fused-ring (bicyclic) bond motifs is 1. The van der Waals surface area contributed by atoms with Gasteiger partial charge in [0.05, 0.1) is 5.69 Å². The zero-order valence-electron chi connectivity index (χ0n) is 10.8. The largest absolute Gasteiger partial charge is 0.319 e. The lowest BCUT2D eigenvalue weighted by Crippen LogP contribution is -2.40. The van der Waals surface area contributed by atoms with Crippen molar-refractivity contribution in [2.75, 3.05) is 18.5 Å². The Morgan fingerprint density at radius 1 is 1.42 bits per heavy atom. The fraction of sp³-hybridized carbons (Fsp3) is 0.357. The number of nitrogens with zero attached hydrogens (tertiary/aromatic N) is 1. The van der Waals surface area contributed by atoms with Crippen LogP contribution in [0.2, 0.25) is 0 Å². The van der Waals surface area contributed by atoms with Crippen LogP contribution in [-0.2, 0) is 27.2 Å². The van der Waals surface area contributed by atoms with Crippen molar-refractivity contribution < 1.29 is 14.4 Å². The molecule has 1 heterocycles. The molecule has 19 heavy (non-hydrogen) atoms. The summed E-state index contributed by atoms with van der Waals surface area (Å²) in [6, 6.07) is 5.64. The molecule has 0 unspecified atom stereocenters. The molecule has 0 fully saturated rings. The predicted octanol–water partition coefficient (Wildman–Crippen LogP) is 0.453. The van der Waals surface area contributed by atoms with Gasteiger partial charge >= 0.3 is 0 Å². The van der Waals surface area contributed by atoms with E-state index in [9.17, 15) is 14.4 Å². The summed E-state index contributed by atoms with van der Waals surface area (Å²) in [6.07, 6.45) is 1.95. The highest BCUT2D eigenvalue weighted by atomic mass is 16.2.